The third-order valence-corrected chi connectivity index (χ3v) is 3.06. The summed E-state index contributed by atoms with van der Waals surface area (Å²) in [5.41, 5.74) is 7.42. The number of aromatic nitrogens is 2. The highest BCUT2D eigenvalue weighted by atomic mass is 79.9. The highest BCUT2D eigenvalue weighted by Crippen LogP contribution is 2.43. The van der Waals surface area contributed by atoms with Crippen LogP contribution in [0.1, 0.15) is 0 Å². The van der Waals surface area contributed by atoms with E-state index in [0.29, 0.717) is 17.3 Å². The Morgan fingerprint density at radius 1 is 1.18 bits per heavy atom. The summed E-state index contributed by atoms with van der Waals surface area (Å²) in [6.07, 6.45) is 1.65. The van der Waals surface area contributed by atoms with Crippen molar-refractivity contribution in [2.24, 2.45) is 0 Å². The van der Waals surface area contributed by atoms with E-state index in [1.807, 2.05) is 12.1 Å². The van der Waals surface area contributed by atoms with Gasteiger partial charge in [0, 0.05) is 11.1 Å². The van der Waals surface area contributed by atoms with Crippen molar-refractivity contribution in [3.05, 3.63) is 22.8 Å². The fourth-order valence-corrected chi connectivity index (χ4v) is 2.13. The third-order valence-electron chi connectivity index (χ3n) is 2.43. The van der Waals surface area contributed by atoms with Gasteiger partial charge in [0.15, 0.2) is 11.5 Å². The van der Waals surface area contributed by atoms with Gasteiger partial charge in [0.25, 0.3) is 0 Å². The topological polar surface area (TPSA) is 73.2 Å². The Labute approximate surface area is 107 Å². The Balaban J connectivity index is 2.67. The van der Waals surface area contributed by atoms with Crippen molar-refractivity contribution in [1.82, 2.24) is 10.2 Å². The molecular weight excluding hydrogens is 286 g/mol. The Morgan fingerprint density at radius 3 is 2.41 bits per heavy atom. The molecule has 0 aliphatic rings. The van der Waals surface area contributed by atoms with Gasteiger partial charge >= 0.3 is 0 Å². The number of anilines is 1. The number of H-pyrrole nitrogens is 1. The minimum atomic E-state index is 0.493. The van der Waals surface area contributed by atoms with Crippen LogP contribution in [0.4, 0.5) is 5.82 Å². The Kier molecular flexibility index (Phi) is 3.23. The molecule has 1 heterocycles. The van der Waals surface area contributed by atoms with Gasteiger partial charge in [0.05, 0.1) is 24.9 Å². The van der Waals surface area contributed by atoms with Crippen molar-refractivity contribution in [3.63, 3.8) is 0 Å². The number of nitrogens with one attached hydrogen (secondary N) is 1. The van der Waals surface area contributed by atoms with Gasteiger partial charge < -0.3 is 15.2 Å². The molecule has 0 aliphatic heterocycles. The largest absolute Gasteiger partial charge is 0.492 e. The molecule has 0 atom stereocenters. The van der Waals surface area contributed by atoms with Crippen LogP contribution in [-0.4, -0.2) is 24.4 Å². The molecule has 0 aliphatic carbocycles. The molecule has 0 fully saturated rings. The number of nitrogens with two attached hydrogens (primary N) is 1. The predicted molar refractivity (Wildman–Crippen MR) is 69.2 cm³/mol. The lowest BCUT2D eigenvalue weighted by Crippen LogP contribution is -1.95. The van der Waals surface area contributed by atoms with E-state index in [0.717, 1.165) is 15.6 Å². The van der Waals surface area contributed by atoms with E-state index >= 15 is 0 Å². The summed E-state index contributed by atoms with van der Waals surface area (Å²) in [6, 6.07) is 3.77. The van der Waals surface area contributed by atoms with Crippen LogP contribution in [0.15, 0.2) is 22.8 Å². The second-order valence-electron chi connectivity index (χ2n) is 3.36. The molecule has 5 nitrogen and oxygen atoms in total. The second kappa shape index (κ2) is 4.67. The molecule has 6 heteroatoms. The van der Waals surface area contributed by atoms with Crippen LogP contribution in [0, 0.1) is 0 Å². The number of benzene rings is 1. The Bertz CT molecular complexity index is 540. The van der Waals surface area contributed by atoms with Gasteiger partial charge in [-0.3, -0.25) is 5.10 Å². The monoisotopic (exact) mass is 297 g/mol. The minimum absolute atomic E-state index is 0.493. The highest BCUT2D eigenvalue weighted by molar-refractivity contribution is 9.10. The van der Waals surface area contributed by atoms with Gasteiger partial charge in [-0.1, -0.05) is 0 Å². The summed E-state index contributed by atoms with van der Waals surface area (Å²) >= 11 is 3.40. The van der Waals surface area contributed by atoms with E-state index in [1.165, 1.54) is 0 Å². The van der Waals surface area contributed by atoms with Crippen molar-refractivity contribution < 1.29 is 9.47 Å². The third kappa shape index (κ3) is 1.95. The summed E-state index contributed by atoms with van der Waals surface area (Å²) in [7, 11) is 3.18. The molecule has 0 saturated heterocycles. The fraction of sp³-hybridized carbons (Fsp3) is 0.182. The van der Waals surface area contributed by atoms with Crippen molar-refractivity contribution in [3.8, 4) is 22.6 Å². The quantitative estimate of drug-likeness (QED) is 0.913. The van der Waals surface area contributed by atoms with Crippen molar-refractivity contribution in [1.29, 1.82) is 0 Å². The van der Waals surface area contributed by atoms with Gasteiger partial charge in [-0.05, 0) is 28.1 Å². The molecule has 0 saturated carbocycles. The van der Waals surface area contributed by atoms with Gasteiger partial charge in [-0.25, -0.2) is 0 Å². The maximum Gasteiger partial charge on any atom is 0.175 e. The number of halogens is 1. The molecule has 2 aromatic rings. The van der Waals surface area contributed by atoms with Crippen LogP contribution >= 0.6 is 15.9 Å². The molecule has 1 aromatic heterocycles. The molecule has 0 spiro atoms. The average Bonchev–Trinajstić information content (AvgIpc) is 2.74. The smallest absolute Gasteiger partial charge is 0.175 e. The zero-order valence-corrected chi connectivity index (χ0v) is 11.0. The molecule has 2 rings (SSSR count). The van der Waals surface area contributed by atoms with Gasteiger partial charge in [0.2, 0.25) is 0 Å². The van der Waals surface area contributed by atoms with E-state index < -0.39 is 0 Å². The number of hydrogen-bond donors (Lipinski definition) is 2. The van der Waals surface area contributed by atoms with E-state index in [1.54, 1.807) is 20.4 Å². The molecule has 1 aromatic carbocycles. The van der Waals surface area contributed by atoms with Crippen molar-refractivity contribution in [2.45, 2.75) is 0 Å². The number of rotatable bonds is 3. The molecule has 90 valence electrons. The number of aromatic amines is 1. The number of nitrogen functional groups attached to an aromatic ring is 1. The second-order valence-corrected chi connectivity index (χ2v) is 4.21. The first kappa shape index (κ1) is 11.8. The molecule has 3 N–H and O–H groups in total. The van der Waals surface area contributed by atoms with Crippen LogP contribution in [-0.2, 0) is 0 Å². The zero-order valence-electron chi connectivity index (χ0n) is 9.45. The Morgan fingerprint density at radius 2 is 1.88 bits per heavy atom. The van der Waals surface area contributed by atoms with Crippen LogP contribution in [0.25, 0.3) is 11.1 Å². The molecule has 0 radical (unpaired) electrons. The van der Waals surface area contributed by atoms with Crippen LogP contribution in [0.2, 0.25) is 0 Å². The molecule has 0 bridgehead atoms. The predicted octanol–water partition coefficient (Wildman–Crippen LogP) is 2.44. The van der Waals surface area contributed by atoms with E-state index in [-0.39, 0.29) is 0 Å². The average molecular weight is 298 g/mol. The van der Waals surface area contributed by atoms with Crippen LogP contribution in [0.5, 0.6) is 11.5 Å². The van der Waals surface area contributed by atoms with Gasteiger partial charge in [-0.2, -0.15) is 5.10 Å². The maximum atomic E-state index is 5.80. The summed E-state index contributed by atoms with van der Waals surface area (Å²) in [5, 5.41) is 6.58. The van der Waals surface area contributed by atoms with Crippen LogP contribution in [0.3, 0.4) is 0 Å². The lowest BCUT2D eigenvalue weighted by Gasteiger charge is -2.13. The lowest BCUT2D eigenvalue weighted by atomic mass is 10.1. The first-order valence-electron chi connectivity index (χ1n) is 4.88. The van der Waals surface area contributed by atoms with Crippen molar-refractivity contribution >= 4 is 21.7 Å². The summed E-state index contributed by atoms with van der Waals surface area (Å²) in [6.45, 7) is 0. The fourth-order valence-electron chi connectivity index (χ4n) is 1.65. The summed E-state index contributed by atoms with van der Waals surface area (Å²) in [4.78, 5) is 0. The normalized spacial score (nSPS) is 10.3. The zero-order chi connectivity index (χ0) is 12.4. The Hall–Kier alpha value is -1.69. The van der Waals surface area contributed by atoms with E-state index in [2.05, 4.69) is 26.1 Å². The summed E-state index contributed by atoms with van der Waals surface area (Å²) < 4.78 is 11.5. The van der Waals surface area contributed by atoms with Crippen LogP contribution < -0.4 is 15.2 Å². The standard InChI is InChI=1S/C11H12BrN3O2/c1-16-9-6(7-5-14-15-11(7)13)3-4-8(12)10(9)17-2/h3-5H,1-2H3,(H3,13,14,15). The highest BCUT2D eigenvalue weighted by Gasteiger charge is 2.17. The van der Waals surface area contributed by atoms with Crippen molar-refractivity contribution in [2.75, 3.05) is 20.0 Å². The summed E-state index contributed by atoms with van der Waals surface area (Å²) in [5.74, 6) is 1.74. The molecule has 0 unspecified atom stereocenters. The molecular formula is C11H12BrN3O2. The maximum absolute atomic E-state index is 5.80. The van der Waals surface area contributed by atoms with Gasteiger partial charge in [-0.15, -0.1) is 0 Å². The van der Waals surface area contributed by atoms with E-state index in [4.69, 9.17) is 15.2 Å². The number of ether oxygens (including phenoxy) is 2. The SMILES string of the molecule is COc1c(Br)ccc(-c2cn[nH]c2N)c1OC. The number of methoxy groups -OCH3 is 2. The number of nitrogens with zero attached hydrogens (tertiary/aromatic N) is 1. The van der Waals surface area contributed by atoms with E-state index in [9.17, 15) is 0 Å². The number of hydrogen-bond acceptors (Lipinski definition) is 4. The lowest BCUT2D eigenvalue weighted by molar-refractivity contribution is 0.354. The van der Waals surface area contributed by atoms with Gasteiger partial charge in [0.1, 0.15) is 5.82 Å². The molecule has 0 amide bonds. The first-order chi connectivity index (χ1) is 8.19. The minimum Gasteiger partial charge on any atom is -0.492 e. The first-order valence-corrected chi connectivity index (χ1v) is 5.68. The molecule has 17 heavy (non-hydrogen) atoms.